The van der Waals surface area contributed by atoms with Crippen molar-refractivity contribution in [2.24, 2.45) is 5.92 Å². The van der Waals surface area contributed by atoms with Crippen molar-refractivity contribution in [2.45, 2.75) is 30.4 Å². The van der Waals surface area contributed by atoms with Gasteiger partial charge >= 0.3 is 5.97 Å². The van der Waals surface area contributed by atoms with Crippen LogP contribution in [0.15, 0.2) is 38.2 Å². The number of thioether (sulfide) groups is 1. The maximum atomic E-state index is 10.6. The molecular weight excluding hydrogens is 356 g/mol. The Kier molecular flexibility index (Phi) is 5.81. The molecule has 0 bridgehead atoms. The summed E-state index contributed by atoms with van der Waals surface area (Å²) in [4.78, 5) is 16.0. The topological polar surface area (TPSA) is 76.2 Å². The molecule has 1 N–H and O–H groups in total. The van der Waals surface area contributed by atoms with Gasteiger partial charge in [0.25, 0.3) is 0 Å². The maximum absolute atomic E-state index is 10.6. The molecule has 7 heteroatoms. The molecule has 0 amide bonds. The monoisotopic (exact) mass is 370 g/mol. The third-order valence-electron chi connectivity index (χ3n) is 2.75. The van der Waals surface area contributed by atoms with E-state index < -0.39 is 5.97 Å². The van der Waals surface area contributed by atoms with Gasteiger partial charge in [0.2, 0.25) is 5.89 Å². The first-order chi connectivity index (χ1) is 10.0. The molecule has 1 atom stereocenters. The van der Waals surface area contributed by atoms with Gasteiger partial charge in [-0.15, -0.1) is 11.8 Å². The van der Waals surface area contributed by atoms with E-state index >= 15 is 0 Å². The number of carboxylic acid groups (broad SMARTS) is 1. The van der Waals surface area contributed by atoms with Crippen LogP contribution in [-0.4, -0.2) is 21.2 Å². The molecule has 0 radical (unpaired) electrons. The molecule has 1 unspecified atom stereocenters. The average molecular weight is 371 g/mol. The van der Waals surface area contributed by atoms with Crippen molar-refractivity contribution in [3.63, 3.8) is 0 Å². The lowest BCUT2D eigenvalue weighted by atomic mass is 10.0. The molecule has 112 valence electrons. The summed E-state index contributed by atoms with van der Waals surface area (Å²) in [5.74, 6) is 0.887. The van der Waals surface area contributed by atoms with Crippen molar-refractivity contribution in [2.75, 3.05) is 0 Å². The van der Waals surface area contributed by atoms with Crippen LogP contribution < -0.4 is 0 Å². The quantitative estimate of drug-likeness (QED) is 0.747. The molecule has 0 aliphatic heterocycles. The minimum Gasteiger partial charge on any atom is -0.481 e. The summed E-state index contributed by atoms with van der Waals surface area (Å²) in [7, 11) is 0. The molecule has 21 heavy (non-hydrogen) atoms. The Hall–Kier alpha value is -1.34. The predicted molar refractivity (Wildman–Crippen MR) is 83.1 cm³/mol. The van der Waals surface area contributed by atoms with Gasteiger partial charge in [-0.1, -0.05) is 24.2 Å². The Labute approximate surface area is 135 Å². The van der Waals surface area contributed by atoms with E-state index in [-0.39, 0.29) is 12.3 Å². The fourth-order valence-electron chi connectivity index (χ4n) is 1.80. The molecule has 1 aromatic heterocycles. The van der Waals surface area contributed by atoms with E-state index in [4.69, 9.17) is 9.63 Å². The smallest absolute Gasteiger partial charge is 0.303 e. The number of carbonyl (C=O) groups is 1. The predicted octanol–water partition coefficient (Wildman–Crippen LogP) is 3.78. The molecule has 0 saturated heterocycles. The van der Waals surface area contributed by atoms with Gasteiger partial charge in [0.05, 0.1) is 5.75 Å². The van der Waals surface area contributed by atoms with Crippen molar-refractivity contribution in [3.05, 3.63) is 40.5 Å². The van der Waals surface area contributed by atoms with Crippen LogP contribution in [-0.2, 0) is 17.0 Å². The van der Waals surface area contributed by atoms with E-state index in [2.05, 4.69) is 26.1 Å². The normalized spacial score (nSPS) is 12.3. The van der Waals surface area contributed by atoms with E-state index in [9.17, 15) is 4.79 Å². The molecule has 5 nitrogen and oxygen atoms in total. The zero-order valence-electron chi connectivity index (χ0n) is 11.5. The van der Waals surface area contributed by atoms with Gasteiger partial charge in [-0.25, -0.2) is 0 Å². The summed E-state index contributed by atoms with van der Waals surface area (Å²) in [5.41, 5.74) is 0. The SMILES string of the molecule is CC(CC(=O)O)Cc1nc(CSc2ccccc2Br)no1. The van der Waals surface area contributed by atoms with Crippen molar-refractivity contribution in [1.82, 2.24) is 10.1 Å². The van der Waals surface area contributed by atoms with Gasteiger partial charge in [0, 0.05) is 22.2 Å². The van der Waals surface area contributed by atoms with Crippen molar-refractivity contribution in [1.29, 1.82) is 0 Å². The molecule has 2 rings (SSSR count). The highest BCUT2D eigenvalue weighted by atomic mass is 79.9. The molecule has 0 fully saturated rings. The molecule has 1 heterocycles. The van der Waals surface area contributed by atoms with Crippen molar-refractivity contribution in [3.8, 4) is 0 Å². The molecule has 0 spiro atoms. The van der Waals surface area contributed by atoms with E-state index in [1.54, 1.807) is 11.8 Å². The number of benzene rings is 1. The van der Waals surface area contributed by atoms with Crippen LogP contribution in [0.2, 0.25) is 0 Å². The van der Waals surface area contributed by atoms with Gasteiger partial charge in [0.1, 0.15) is 0 Å². The maximum Gasteiger partial charge on any atom is 0.303 e. The molecule has 2 aromatic rings. The second-order valence-electron chi connectivity index (χ2n) is 4.73. The number of nitrogens with zero attached hydrogens (tertiary/aromatic N) is 2. The third-order valence-corrected chi connectivity index (χ3v) is 4.77. The van der Waals surface area contributed by atoms with E-state index in [0.717, 1.165) is 9.37 Å². The van der Waals surface area contributed by atoms with Gasteiger partial charge in [-0.3, -0.25) is 4.79 Å². The molecule has 1 aromatic carbocycles. The number of rotatable bonds is 7. The fourth-order valence-corrected chi connectivity index (χ4v) is 3.21. The number of aromatic nitrogens is 2. The zero-order valence-corrected chi connectivity index (χ0v) is 13.9. The minimum atomic E-state index is -0.813. The Bertz CT molecular complexity index is 618. The minimum absolute atomic E-state index is 0.0216. The van der Waals surface area contributed by atoms with E-state index in [1.807, 2.05) is 31.2 Å². The van der Waals surface area contributed by atoms with Gasteiger partial charge in [-0.05, 0) is 34.0 Å². The first-order valence-corrected chi connectivity index (χ1v) is 8.23. The largest absolute Gasteiger partial charge is 0.481 e. The lowest BCUT2D eigenvalue weighted by molar-refractivity contribution is -0.137. The number of halogens is 1. The Balaban J connectivity index is 1.88. The Morgan fingerprint density at radius 1 is 1.48 bits per heavy atom. The van der Waals surface area contributed by atoms with Crippen molar-refractivity contribution >= 4 is 33.7 Å². The molecular formula is C14H15BrN2O3S. The highest BCUT2D eigenvalue weighted by Crippen LogP contribution is 2.29. The van der Waals surface area contributed by atoms with Crippen LogP contribution in [0.5, 0.6) is 0 Å². The summed E-state index contributed by atoms with van der Waals surface area (Å²) in [6.45, 7) is 1.85. The first kappa shape index (κ1) is 16.0. The van der Waals surface area contributed by atoms with Crippen LogP contribution in [0.3, 0.4) is 0 Å². The molecule has 0 aliphatic rings. The van der Waals surface area contributed by atoms with Crippen LogP contribution in [0, 0.1) is 5.92 Å². The van der Waals surface area contributed by atoms with Crippen LogP contribution >= 0.6 is 27.7 Å². The number of hydrogen-bond donors (Lipinski definition) is 1. The second kappa shape index (κ2) is 7.61. The first-order valence-electron chi connectivity index (χ1n) is 6.45. The number of hydrogen-bond acceptors (Lipinski definition) is 5. The van der Waals surface area contributed by atoms with Crippen LogP contribution in [0.4, 0.5) is 0 Å². The Morgan fingerprint density at radius 3 is 2.95 bits per heavy atom. The Morgan fingerprint density at radius 2 is 2.24 bits per heavy atom. The van der Waals surface area contributed by atoms with Gasteiger partial charge in [-0.2, -0.15) is 4.98 Å². The molecule has 0 saturated carbocycles. The summed E-state index contributed by atoms with van der Waals surface area (Å²) < 4.78 is 6.19. The fraction of sp³-hybridized carbons (Fsp3) is 0.357. The highest BCUT2D eigenvalue weighted by Gasteiger charge is 2.14. The lowest BCUT2D eigenvalue weighted by Gasteiger charge is -2.03. The second-order valence-corrected chi connectivity index (χ2v) is 6.60. The standard InChI is InChI=1S/C14H15BrN2O3S/c1-9(7-14(18)19)6-13-16-12(17-20-13)8-21-11-5-3-2-4-10(11)15/h2-5,9H,6-8H2,1H3,(H,18,19). The zero-order chi connectivity index (χ0) is 15.2. The van der Waals surface area contributed by atoms with E-state index in [0.29, 0.717) is 23.9 Å². The average Bonchev–Trinajstić information content (AvgIpc) is 2.84. The number of aliphatic carboxylic acids is 1. The summed E-state index contributed by atoms with van der Waals surface area (Å²) in [5, 5.41) is 12.7. The molecule has 0 aliphatic carbocycles. The van der Waals surface area contributed by atoms with Crippen LogP contribution in [0.25, 0.3) is 0 Å². The van der Waals surface area contributed by atoms with Gasteiger partial charge in [0.15, 0.2) is 5.82 Å². The summed E-state index contributed by atoms with van der Waals surface area (Å²) in [6.07, 6.45) is 0.586. The number of carboxylic acids is 1. The third kappa shape index (κ3) is 5.17. The van der Waals surface area contributed by atoms with Crippen molar-refractivity contribution < 1.29 is 14.4 Å². The van der Waals surface area contributed by atoms with E-state index in [1.165, 1.54) is 0 Å². The van der Waals surface area contributed by atoms with Gasteiger partial charge < -0.3 is 9.63 Å². The highest BCUT2D eigenvalue weighted by molar-refractivity contribution is 9.10. The van der Waals surface area contributed by atoms with Crippen LogP contribution in [0.1, 0.15) is 25.1 Å². The summed E-state index contributed by atoms with van der Waals surface area (Å²) >= 11 is 5.11. The lowest BCUT2D eigenvalue weighted by Crippen LogP contribution is -2.07. The summed E-state index contributed by atoms with van der Waals surface area (Å²) in [6, 6.07) is 7.94.